The van der Waals surface area contributed by atoms with Gasteiger partial charge in [-0.05, 0) is 42.3 Å². The van der Waals surface area contributed by atoms with Gasteiger partial charge in [-0.3, -0.25) is 9.59 Å². The molecule has 0 aliphatic rings. The molecule has 2 amide bonds. The molecule has 0 spiro atoms. The summed E-state index contributed by atoms with van der Waals surface area (Å²) in [6.07, 6.45) is 0. The van der Waals surface area contributed by atoms with Crippen LogP contribution in [0.25, 0.3) is 0 Å². The SMILES string of the molecule is CC(C)[C@H](NC(=O)c1ccc(Cl)cc1Cl)C(=O)Nc1cccc(Cl)c1. The minimum Gasteiger partial charge on any atom is -0.340 e. The molecule has 0 radical (unpaired) electrons. The summed E-state index contributed by atoms with van der Waals surface area (Å²) in [5.74, 6) is -0.911. The van der Waals surface area contributed by atoms with Crippen LogP contribution in [-0.4, -0.2) is 17.9 Å². The maximum atomic E-state index is 12.5. The lowest BCUT2D eigenvalue weighted by atomic mass is 10.0. The van der Waals surface area contributed by atoms with E-state index in [-0.39, 0.29) is 22.4 Å². The Bertz CT molecular complexity index is 794. The van der Waals surface area contributed by atoms with Crippen LogP contribution in [0.3, 0.4) is 0 Å². The maximum Gasteiger partial charge on any atom is 0.253 e. The molecule has 2 aromatic carbocycles. The Kier molecular flexibility index (Phi) is 6.71. The fraction of sp³-hybridized carbons (Fsp3) is 0.222. The van der Waals surface area contributed by atoms with Crippen LogP contribution in [0.4, 0.5) is 5.69 Å². The molecule has 0 saturated heterocycles. The zero-order valence-corrected chi connectivity index (χ0v) is 15.9. The highest BCUT2D eigenvalue weighted by molar-refractivity contribution is 6.36. The molecule has 25 heavy (non-hydrogen) atoms. The van der Waals surface area contributed by atoms with Crippen molar-refractivity contribution in [2.45, 2.75) is 19.9 Å². The van der Waals surface area contributed by atoms with Crippen molar-refractivity contribution in [2.75, 3.05) is 5.32 Å². The molecule has 7 heteroatoms. The summed E-state index contributed by atoms with van der Waals surface area (Å²) in [5, 5.41) is 6.63. The van der Waals surface area contributed by atoms with Gasteiger partial charge in [0.15, 0.2) is 0 Å². The van der Waals surface area contributed by atoms with Crippen molar-refractivity contribution in [1.29, 1.82) is 0 Å². The van der Waals surface area contributed by atoms with Crippen LogP contribution in [0.5, 0.6) is 0 Å². The van der Waals surface area contributed by atoms with Crippen molar-refractivity contribution < 1.29 is 9.59 Å². The van der Waals surface area contributed by atoms with E-state index < -0.39 is 11.9 Å². The highest BCUT2D eigenvalue weighted by Crippen LogP contribution is 2.21. The normalized spacial score (nSPS) is 11.9. The fourth-order valence-electron chi connectivity index (χ4n) is 2.21. The van der Waals surface area contributed by atoms with E-state index in [0.717, 1.165) is 0 Å². The Labute approximate surface area is 161 Å². The van der Waals surface area contributed by atoms with Crippen molar-refractivity contribution in [3.05, 3.63) is 63.1 Å². The van der Waals surface area contributed by atoms with E-state index in [0.29, 0.717) is 15.7 Å². The second kappa shape index (κ2) is 8.56. The molecule has 0 aliphatic carbocycles. The lowest BCUT2D eigenvalue weighted by Crippen LogP contribution is -2.47. The van der Waals surface area contributed by atoms with E-state index in [4.69, 9.17) is 34.8 Å². The van der Waals surface area contributed by atoms with Crippen molar-refractivity contribution >= 4 is 52.3 Å². The Hall–Kier alpha value is -1.75. The van der Waals surface area contributed by atoms with Gasteiger partial charge < -0.3 is 10.6 Å². The van der Waals surface area contributed by atoms with E-state index >= 15 is 0 Å². The number of halogens is 3. The van der Waals surface area contributed by atoms with Gasteiger partial charge in [0.2, 0.25) is 5.91 Å². The maximum absolute atomic E-state index is 12.5. The predicted octanol–water partition coefficient (Wildman–Crippen LogP) is 5.04. The number of carbonyl (C=O) groups excluding carboxylic acids is 2. The highest BCUT2D eigenvalue weighted by Gasteiger charge is 2.25. The summed E-state index contributed by atoms with van der Waals surface area (Å²) in [6.45, 7) is 3.68. The zero-order valence-electron chi connectivity index (χ0n) is 13.6. The molecule has 2 rings (SSSR count). The lowest BCUT2D eigenvalue weighted by molar-refractivity contribution is -0.118. The van der Waals surface area contributed by atoms with Gasteiger partial charge >= 0.3 is 0 Å². The van der Waals surface area contributed by atoms with Crippen molar-refractivity contribution in [3.63, 3.8) is 0 Å². The van der Waals surface area contributed by atoms with Gasteiger partial charge in [0.1, 0.15) is 6.04 Å². The molecule has 4 nitrogen and oxygen atoms in total. The smallest absolute Gasteiger partial charge is 0.253 e. The third kappa shape index (κ3) is 5.36. The summed E-state index contributed by atoms with van der Waals surface area (Å²) in [7, 11) is 0. The fourth-order valence-corrected chi connectivity index (χ4v) is 2.90. The average Bonchev–Trinajstić information content (AvgIpc) is 2.51. The summed E-state index contributed by atoms with van der Waals surface area (Å²) in [4.78, 5) is 25.0. The Morgan fingerprint density at radius 2 is 1.64 bits per heavy atom. The number of anilines is 1. The topological polar surface area (TPSA) is 58.2 Å². The largest absolute Gasteiger partial charge is 0.340 e. The number of benzene rings is 2. The first-order valence-electron chi connectivity index (χ1n) is 7.60. The molecule has 2 N–H and O–H groups in total. The van der Waals surface area contributed by atoms with Gasteiger partial charge in [0.25, 0.3) is 5.91 Å². The van der Waals surface area contributed by atoms with E-state index in [1.54, 1.807) is 30.3 Å². The van der Waals surface area contributed by atoms with Crippen LogP contribution >= 0.6 is 34.8 Å². The molecule has 0 saturated carbocycles. The number of amides is 2. The van der Waals surface area contributed by atoms with Gasteiger partial charge in [-0.2, -0.15) is 0 Å². The first-order chi connectivity index (χ1) is 11.8. The second-order valence-electron chi connectivity index (χ2n) is 5.82. The molecule has 0 bridgehead atoms. The van der Waals surface area contributed by atoms with Crippen LogP contribution in [0, 0.1) is 5.92 Å². The molecule has 0 aromatic heterocycles. The van der Waals surface area contributed by atoms with E-state index in [1.807, 2.05) is 13.8 Å². The minimum absolute atomic E-state index is 0.130. The molecule has 2 aromatic rings. The van der Waals surface area contributed by atoms with Crippen LogP contribution in [-0.2, 0) is 4.79 Å². The minimum atomic E-state index is -0.738. The van der Waals surface area contributed by atoms with Crippen LogP contribution < -0.4 is 10.6 Å². The summed E-state index contributed by atoms with van der Waals surface area (Å²) >= 11 is 17.8. The standard InChI is InChI=1S/C18H17Cl3N2O2/c1-10(2)16(18(25)22-13-5-3-4-11(19)8-13)23-17(24)14-7-6-12(20)9-15(14)21/h3-10,16H,1-2H3,(H,22,25)(H,23,24)/t16-/m0/s1. The Balaban J connectivity index is 2.14. The Morgan fingerprint density at radius 3 is 2.24 bits per heavy atom. The number of nitrogens with one attached hydrogen (secondary N) is 2. The second-order valence-corrected chi connectivity index (χ2v) is 7.10. The third-order valence-corrected chi connectivity index (χ3v) is 4.29. The van der Waals surface area contributed by atoms with Crippen LogP contribution in [0.15, 0.2) is 42.5 Å². The van der Waals surface area contributed by atoms with Gasteiger partial charge in [-0.1, -0.05) is 54.7 Å². The van der Waals surface area contributed by atoms with Crippen molar-refractivity contribution in [3.8, 4) is 0 Å². The van der Waals surface area contributed by atoms with Crippen molar-refractivity contribution in [1.82, 2.24) is 5.32 Å². The number of hydrogen-bond donors (Lipinski definition) is 2. The first-order valence-corrected chi connectivity index (χ1v) is 8.73. The number of hydrogen-bond acceptors (Lipinski definition) is 2. The molecule has 1 atom stereocenters. The van der Waals surface area contributed by atoms with Gasteiger partial charge in [-0.25, -0.2) is 0 Å². The lowest BCUT2D eigenvalue weighted by Gasteiger charge is -2.22. The van der Waals surface area contributed by atoms with Crippen molar-refractivity contribution in [2.24, 2.45) is 5.92 Å². The molecule has 0 unspecified atom stereocenters. The molecular formula is C18H17Cl3N2O2. The quantitative estimate of drug-likeness (QED) is 0.740. The summed E-state index contributed by atoms with van der Waals surface area (Å²) in [6, 6.07) is 10.6. The van der Waals surface area contributed by atoms with Gasteiger partial charge in [0.05, 0.1) is 10.6 Å². The van der Waals surface area contributed by atoms with Gasteiger partial charge in [0, 0.05) is 15.7 Å². The predicted molar refractivity (Wildman–Crippen MR) is 103 cm³/mol. The molecular weight excluding hydrogens is 383 g/mol. The molecule has 0 fully saturated rings. The zero-order chi connectivity index (χ0) is 18.6. The Morgan fingerprint density at radius 1 is 0.960 bits per heavy atom. The first kappa shape index (κ1) is 19.6. The third-order valence-electron chi connectivity index (χ3n) is 3.50. The van der Waals surface area contributed by atoms with Gasteiger partial charge in [-0.15, -0.1) is 0 Å². The molecule has 0 aliphatic heterocycles. The molecule has 0 heterocycles. The average molecular weight is 400 g/mol. The van der Waals surface area contributed by atoms with E-state index in [9.17, 15) is 9.59 Å². The molecule has 132 valence electrons. The summed E-state index contributed by atoms with van der Waals surface area (Å²) in [5.41, 5.74) is 0.814. The summed E-state index contributed by atoms with van der Waals surface area (Å²) < 4.78 is 0. The van der Waals surface area contributed by atoms with Crippen LogP contribution in [0.2, 0.25) is 15.1 Å². The monoisotopic (exact) mass is 398 g/mol. The van der Waals surface area contributed by atoms with Crippen LogP contribution in [0.1, 0.15) is 24.2 Å². The highest BCUT2D eigenvalue weighted by atomic mass is 35.5. The van der Waals surface area contributed by atoms with E-state index in [1.165, 1.54) is 12.1 Å². The van der Waals surface area contributed by atoms with E-state index in [2.05, 4.69) is 10.6 Å². The number of carbonyl (C=O) groups is 2. The number of rotatable bonds is 5.